The topological polar surface area (TPSA) is 29.9 Å². The second-order valence-electron chi connectivity index (χ2n) is 7.19. The molecule has 0 amide bonds. The van der Waals surface area contributed by atoms with Crippen molar-refractivity contribution < 1.29 is 9.13 Å². The van der Waals surface area contributed by atoms with Gasteiger partial charge in [-0.25, -0.2) is 4.39 Å². The predicted molar refractivity (Wildman–Crippen MR) is 106 cm³/mol. The Labute approximate surface area is 163 Å². The van der Waals surface area contributed by atoms with Crippen molar-refractivity contribution in [1.82, 2.24) is 9.55 Å². The molecule has 0 aliphatic heterocycles. The van der Waals surface area contributed by atoms with Gasteiger partial charge in [-0.3, -0.25) is 4.57 Å². The summed E-state index contributed by atoms with van der Waals surface area (Å²) in [7, 11) is 1.64. The third-order valence-corrected chi connectivity index (χ3v) is 5.59. The predicted octanol–water partition coefficient (Wildman–Crippen LogP) is 5.81. The number of imidazole rings is 1. The first-order valence-electron chi connectivity index (χ1n) is 8.39. The zero-order valence-electron chi connectivity index (χ0n) is 15.3. The molecule has 3 rings (SSSR count). The van der Waals surface area contributed by atoms with Crippen molar-refractivity contribution in [1.29, 1.82) is 0 Å². The lowest BCUT2D eigenvalue weighted by atomic mass is 9.77. The number of halogens is 2. The maximum Gasteiger partial charge on any atom is 0.182 e. The SMILES string of the molecule is COC1=CC(C(C)(C)c2c[nH]c(=S)n2-c2ccc(F)cc2)=CCC1(C)Cl. The molecule has 3 nitrogen and oxygen atoms in total. The number of rotatable bonds is 4. The molecule has 138 valence electrons. The van der Waals surface area contributed by atoms with E-state index in [4.69, 9.17) is 28.6 Å². The summed E-state index contributed by atoms with van der Waals surface area (Å²) in [6, 6.07) is 6.31. The van der Waals surface area contributed by atoms with Crippen LogP contribution in [0.4, 0.5) is 4.39 Å². The third kappa shape index (κ3) is 3.26. The van der Waals surface area contributed by atoms with E-state index in [2.05, 4.69) is 24.9 Å². The molecule has 0 fully saturated rings. The molecule has 1 atom stereocenters. The summed E-state index contributed by atoms with van der Waals surface area (Å²) in [6.07, 6.45) is 6.72. The van der Waals surface area contributed by atoms with E-state index >= 15 is 0 Å². The average Bonchev–Trinajstić information content (AvgIpc) is 2.97. The Morgan fingerprint density at radius 1 is 1.31 bits per heavy atom. The Kier molecular flexibility index (Phi) is 4.88. The van der Waals surface area contributed by atoms with Crippen LogP contribution in [0.5, 0.6) is 0 Å². The lowest BCUT2D eigenvalue weighted by Gasteiger charge is -2.34. The summed E-state index contributed by atoms with van der Waals surface area (Å²) < 4.78 is 21.3. The smallest absolute Gasteiger partial charge is 0.182 e. The van der Waals surface area contributed by atoms with Crippen molar-refractivity contribution >= 4 is 23.8 Å². The molecule has 1 aromatic heterocycles. The van der Waals surface area contributed by atoms with E-state index in [1.165, 1.54) is 12.1 Å². The Hall–Kier alpha value is -1.85. The van der Waals surface area contributed by atoms with E-state index in [9.17, 15) is 4.39 Å². The molecule has 0 saturated carbocycles. The number of hydrogen-bond donors (Lipinski definition) is 1. The van der Waals surface area contributed by atoms with Crippen LogP contribution in [0.15, 0.2) is 53.9 Å². The number of allylic oxidation sites excluding steroid dienone is 4. The van der Waals surface area contributed by atoms with Gasteiger partial charge in [-0.05, 0) is 61.5 Å². The van der Waals surface area contributed by atoms with Gasteiger partial charge in [0.2, 0.25) is 0 Å². The van der Waals surface area contributed by atoms with Gasteiger partial charge in [-0.2, -0.15) is 0 Å². The second kappa shape index (κ2) is 6.71. The molecule has 1 aliphatic carbocycles. The highest BCUT2D eigenvalue weighted by Gasteiger charge is 2.36. The van der Waals surface area contributed by atoms with Gasteiger partial charge in [-0.1, -0.05) is 19.9 Å². The molecular weight excluding hydrogens is 371 g/mol. The van der Waals surface area contributed by atoms with E-state index in [1.54, 1.807) is 19.2 Å². The molecule has 1 heterocycles. The number of hydrogen-bond acceptors (Lipinski definition) is 2. The van der Waals surface area contributed by atoms with Crippen LogP contribution in [0.2, 0.25) is 0 Å². The van der Waals surface area contributed by atoms with Crippen LogP contribution in [0.25, 0.3) is 5.69 Å². The van der Waals surface area contributed by atoms with Crippen molar-refractivity contribution in [3.63, 3.8) is 0 Å². The van der Waals surface area contributed by atoms with Crippen molar-refractivity contribution in [3.05, 3.63) is 70.2 Å². The highest BCUT2D eigenvalue weighted by molar-refractivity contribution is 7.71. The molecular formula is C20H22ClFN2OS. The highest BCUT2D eigenvalue weighted by atomic mass is 35.5. The summed E-state index contributed by atoms with van der Waals surface area (Å²) in [5.74, 6) is 0.466. The van der Waals surface area contributed by atoms with Gasteiger partial charge < -0.3 is 9.72 Å². The van der Waals surface area contributed by atoms with Crippen molar-refractivity contribution in [2.24, 2.45) is 0 Å². The zero-order valence-corrected chi connectivity index (χ0v) is 16.8. The van der Waals surface area contributed by atoms with Crippen LogP contribution >= 0.6 is 23.8 Å². The summed E-state index contributed by atoms with van der Waals surface area (Å²) >= 11 is 12.0. The summed E-state index contributed by atoms with van der Waals surface area (Å²) in [4.78, 5) is 2.58. The Morgan fingerprint density at radius 2 is 1.96 bits per heavy atom. The molecule has 0 spiro atoms. The van der Waals surface area contributed by atoms with Gasteiger partial charge in [0.15, 0.2) is 4.77 Å². The molecule has 1 aliphatic rings. The number of aromatic amines is 1. The molecule has 26 heavy (non-hydrogen) atoms. The van der Waals surface area contributed by atoms with Crippen molar-refractivity contribution in [2.45, 2.75) is 37.5 Å². The fourth-order valence-electron chi connectivity index (χ4n) is 3.28. The largest absolute Gasteiger partial charge is 0.499 e. The molecule has 0 saturated heterocycles. The fraction of sp³-hybridized carbons (Fsp3) is 0.350. The fourth-order valence-corrected chi connectivity index (χ4v) is 3.75. The normalized spacial score (nSPS) is 20.5. The second-order valence-corrected chi connectivity index (χ2v) is 8.41. The summed E-state index contributed by atoms with van der Waals surface area (Å²) in [5.41, 5.74) is 2.52. The van der Waals surface area contributed by atoms with Gasteiger partial charge in [0.25, 0.3) is 0 Å². The first-order chi connectivity index (χ1) is 12.2. The Morgan fingerprint density at radius 3 is 2.58 bits per heavy atom. The standard InChI is InChI=1S/C20H22ClFN2OS/c1-19(2,13-9-10-20(3,21)17(11-13)25-4)16-12-23-18(26)24(16)15-7-5-14(22)6-8-15/h5-9,11-12H,10H2,1-4H3,(H,23,26). The molecule has 1 N–H and O–H groups in total. The number of benzene rings is 1. The maximum atomic E-state index is 13.3. The average molecular weight is 393 g/mol. The van der Waals surface area contributed by atoms with E-state index in [0.717, 1.165) is 22.7 Å². The van der Waals surface area contributed by atoms with E-state index in [0.29, 0.717) is 11.2 Å². The van der Waals surface area contributed by atoms with Crippen LogP contribution in [-0.4, -0.2) is 21.5 Å². The minimum absolute atomic E-state index is 0.277. The van der Waals surface area contributed by atoms with Gasteiger partial charge in [-0.15, -0.1) is 11.6 Å². The first kappa shape index (κ1) is 18.9. The van der Waals surface area contributed by atoms with Crippen LogP contribution in [-0.2, 0) is 10.2 Å². The number of aromatic nitrogens is 2. The lowest BCUT2D eigenvalue weighted by Crippen LogP contribution is -2.29. The van der Waals surface area contributed by atoms with Crippen molar-refractivity contribution in [3.8, 4) is 5.69 Å². The number of alkyl halides is 1. The van der Waals surface area contributed by atoms with Crippen LogP contribution in [0.1, 0.15) is 32.9 Å². The monoisotopic (exact) mass is 392 g/mol. The minimum Gasteiger partial charge on any atom is -0.499 e. The maximum absolute atomic E-state index is 13.3. The van der Waals surface area contributed by atoms with Gasteiger partial charge in [0.05, 0.1) is 12.8 Å². The number of H-pyrrole nitrogens is 1. The number of nitrogens with zero attached hydrogens (tertiary/aromatic N) is 1. The van der Waals surface area contributed by atoms with Crippen LogP contribution in [0.3, 0.4) is 0 Å². The van der Waals surface area contributed by atoms with E-state index in [1.807, 2.05) is 23.8 Å². The van der Waals surface area contributed by atoms with Gasteiger partial charge in [0.1, 0.15) is 16.5 Å². The molecule has 1 aromatic carbocycles. The Bertz CT molecular complexity index is 935. The molecule has 0 bridgehead atoms. The van der Waals surface area contributed by atoms with Crippen LogP contribution in [0, 0.1) is 10.6 Å². The number of methoxy groups -OCH3 is 1. The minimum atomic E-state index is -0.539. The van der Waals surface area contributed by atoms with E-state index in [-0.39, 0.29) is 11.2 Å². The van der Waals surface area contributed by atoms with Crippen LogP contribution < -0.4 is 0 Å². The molecule has 0 radical (unpaired) electrons. The number of nitrogens with one attached hydrogen (secondary N) is 1. The number of ether oxygens (including phenoxy) is 1. The molecule has 1 unspecified atom stereocenters. The molecule has 6 heteroatoms. The summed E-state index contributed by atoms with van der Waals surface area (Å²) in [5, 5.41) is 0. The highest BCUT2D eigenvalue weighted by Crippen LogP contribution is 2.41. The quantitative estimate of drug-likeness (QED) is 0.525. The van der Waals surface area contributed by atoms with Crippen molar-refractivity contribution in [2.75, 3.05) is 7.11 Å². The van der Waals surface area contributed by atoms with Gasteiger partial charge in [0, 0.05) is 17.3 Å². The summed E-state index contributed by atoms with van der Waals surface area (Å²) in [6.45, 7) is 6.19. The van der Waals surface area contributed by atoms with E-state index < -0.39 is 4.87 Å². The Balaban J connectivity index is 2.10. The van der Waals surface area contributed by atoms with Gasteiger partial charge >= 0.3 is 0 Å². The first-order valence-corrected chi connectivity index (χ1v) is 9.18. The molecule has 2 aromatic rings. The lowest BCUT2D eigenvalue weighted by molar-refractivity contribution is 0.253. The zero-order chi connectivity index (χ0) is 19.1. The third-order valence-electron chi connectivity index (χ3n) is 4.95.